The first-order valence-electron chi connectivity index (χ1n) is 6.45. The number of hydrogen-bond acceptors (Lipinski definition) is 2. The monoisotopic (exact) mass is 262 g/mol. The average molecular weight is 262 g/mol. The van der Waals surface area contributed by atoms with Gasteiger partial charge in [-0.3, -0.25) is 9.78 Å². The van der Waals surface area contributed by atoms with E-state index in [0.717, 1.165) is 28.0 Å². The van der Waals surface area contributed by atoms with E-state index in [1.165, 1.54) is 0 Å². The minimum atomic E-state index is -0.0520. The first-order valence-corrected chi connectivity index (χ1v) is 6.45. The molecular weight excluding hydrogens is 248 g/mol. The Morgan fingerprint density at radius 1 is 1.10 bits per heavy atom. The minimum absolute atomic E-state index is 0.0520. The van der Waals surface area contributed by atoms with Crippen LogP contribution in [-0.2, 0) is 4.79 Å². The molecule has 1 N–H and O–H groups in total. The number of benzene rings is 1. The highest BCUT2D eigenvalue weighted by molar-refractivity contribution is 6.25. The molecule has 2 aromatic rings. The van der Waals surface area contributed by atoms with E-state index in [9.17, 15) is 4.79 Å². The van der Waals surface area contributed by atoms with Gasteiger partial charge in [0.15, 0.2) is 0 Å². The van der Waals surface area contributed by atoms with Crippen molar-refractivity contribution < 1.29 is 4.79 Å². The number of allylic oxidation sites excluding steroid dienone is 1. The Bertz CT molecular complexity index is 700. The number of hydrogen-bond donors (Lipinski definition) is 1. The summed E-state index contributed by atoms with van der Waals surface area (Å²) in [6.07, 6.45) is 5.44. The zero-order valence-corrected chi connectivity index (χ0v) is 11.1. The van der Waals surface area contributed by atoms with Crippen LogP contribution in [0.25, 0.3) is 11.6 Å². The van der Waals surface area contributed by atoms with Crippen LogP contribution in [-0.4, -0.2) is 10.9 Å². The lowest BCUT2D eigenvalue weighted by Gasteiger charge is -2.00. The predicted octanol–water partition coefficient (Wildman–Crippen LogP) is 3.03. The Morgan fingerprint density at radius 3 is 2.60 bits per heavy atom. The molecule has 1 aromatic heterocycles. The van der Waals surface area contributed by atoms with Crippen molar-refractivity contribution in [2.24, 2.45) is 0 Å². The molecule has 0 saturated heterocycles. The van der Waals surface area contributed by atoms with Crippen LogP contribution in [0.3, 0.4) is 0 Å². The van der Waals surface area contributed by atoms with Crippen molar-refractivity contribution in [3.63, 3.8) is 0 Å². The summed E-state index contributed by atoms with van der Waals surface area (Å²) in [6, 6.07) is 13.5. The highest BCUT2D eigenvalue weighted by Gasteiger charge is 2.25. The molecule has 20 heavy (non-hydrogen) atoms. The fourth-order valence-corrected chi connectivity index (χ4v) is 2.31. The van der Waals surface area contributed by atoms with E-state index in [-0.39, 0.29) is 5.91 Å². The van der Waals surface area contributed by atoms with Crippen molar-refractivity contribution in [2.75, 3.05) is 0 Å². The van der Waals surface area contributed by atoms with Crippen LogP contribution >= 0.6 is 0 Å². The number of rotatable bonds is 2. The smallest absolute Gasteiger partial charge is 0.256 e. The third-order valence-electron chi connectivity index (χ3n) is 3.31. The Morgan fingerprint density at radius 2 is 1.90 bits per heavy atom. The van der Waals surface area contributed by atoms with Gasteiger partial charge >= 0.3 is 0 Å². The summed E-state index contributed by atoms with van der Waals surface area (Å²) in [5.74, 6) is -0.0520. The number of nitrogens with one attached hydrogen (secondary N) is 1. The lowest BCUT2D eigenvalue weighted by Crippen LogP contribution is -2.15. The molecule has 0 spiro atoms. The lowest BCUT2D eigenvalue weighted by atomic mass is 10.0. The molecule has 3 heteroatoms. The van der Waals surface area contributed by atoms with E-state index in [1.54, 1.807) is 12.4 Å². The first kappa shape index (κ1) is 12.4. The molecule has 0 fully saturated rings. The highest BCUT2D eigenvalue weighted by Crippen LogP contribution is 2.29. The van der Waals surface area contributed by atoms with Gasteiger partial charge in [-0.2, -0.15) is 0 Å². The molecule has 0 radical (unpaired) electrons. The second-order valence-corrected chi connectivity index (χ2v) is 4.66. The van der Waals surface area contributed by atoms with Crippen LogP contribution in [0.5, 0.6) is 0 Å². The molecule has 0 atom stereocenters. The molecule has 1 aliphatic heterocycles. The maximum atomic E-state index is 12.2. The van der Waals surface area contributed by atoms with Crippen molar-refractivity contribution in [3.05, 3.63) is 77.3 Å². The van der Waals surface area contributed by atoms with Crippen LogP contribution in [0, 0.1) is 0 Å². The molecule has 1 aromatic carbocycles. The summed E-state index contributed by atoms with van der Waals surface area (Å²) in [5.41, 5.74) is 4.45. The summed E-state index contributed by atoms with van der Waals surface area (Å²) in [6.45, 7) is 1.96. The van der Waals surface area contributed by atoms with Crippen molar-refractivity contribution in [2.45, 2.75) is 6.92 Å². The lowest BCUT2D eigenvalue weighted by molar-refractivity contribution is -0.114. The third kappa shape index (κ3) is 2.26. The predicted molar refractivity (Wildman–Crippen MR) is 79.4 cm³/mol. The molecule has 3 rings (SSSR count). The molecule has 3 nitrogen and oxygen atoms in total. The maximum absolute atomic E-state index is 12.2. The second kappa shape index (κ2) is 5.13. The number of amides is 1. The summed E-state index contributed by atoms with van der Waals surface area (Å²) in [4.78, 5) is 16.2. The van der Waals surface area contributed by atoms with Gasteiger partial charge in [-0.25, -0.2) is 0 Å². The number of aromatic nitrogens is 1. The van der Waals surface area contributed by atoms with Crippen LogP contribution in [0.2, 0.25) is 0 Å². The minimum Gasteiger partial charge on any atom is -0.322 e. The van der Waals surface area contributed by atoms with E-state index in [2.05, 4.69) is 10.3 Å². The van der Waals surface area contributed by atoms with Gasteiger partial charge in [0.05, 0.1) is 5.57 Å². The first-order chi connectivity index (χ1) is 9.75. The van der Waals surface area contributed by atoms with Gasteiger partial charge in [0.1, 0.15) is 0 Å². The molecule has 1 amide bonds. The summed E-state index contributed by atoms with van der Waals surface area (Å²) in [5, 5.41) is 2.92. The Hall–Kier alpha value is -2.68. The van der Waals surface area contributed by atoms with Gasteiger partial charge in [-0.1, -0.05) is 36.4 Å². The van der Waals surface area contributed by atoms with E-state index >= 15 is 0 Å². The number of pyridine rings is 1. The molecular formula is C17H14N2O. The van der Waals surface area contributed by atoms with Gasteiger partial charge in [0.25, 0.3) is 5.91 Å². The van der Waals surface area contributed by atoms with Crippen LogP contribution in [0.15, 0.2) is 66.1 Å². The Balaban J connectivity index is 2.03. The van der Waals surface area contributed by atoms with Gasteiger partial charge in [-0.05, 0) is 35.8 Å². The van der Waals surface area contributed by atoms with Gasteiger partial charge in [-0.15, -0.1) is 0 Å². The van der Waals surface area contributed by atoms with E-state index < -0.39 is 0 Å². The van der Waals surface area contributed by atoms with Crippen LogP contribution in [0.4, 0.5) is 0 Å². The van der Waals surface area contributed by atoms with Gasteiger partial charge in [0, 0.05) is 18.1 Å². The van der Waals surface area contributed by atoms with E-state index in [4.69, 9.17) is 0 Å². The maximum Gasteiger partial charge on any atom is 0.256 e. The average Bonchev–Trinajstić information content (AvgIpc) is 2.75. The highest BCUT2D eigenvalue weighted by atomic mass is 16.2. The van der Waals surface area contributed by atoms with Crippen molar-refractivity contribution in [3.8, 4) is 0 Å². The van der Waals surface area contributed by atoms with Gasteiger partial charge in [0.2, 0.25) is 0 Å². The fourth-order valence-electron chi connectivity index (χ4n) is 2.31. The Labute approximate surface area is 117 Å². The molecule has 0 bridgehead atoms. The van der Waals surface area contributed by atoms with Crippen LogP contribution < -0.4 is 5.32 Å². The van der Waals surface area contributed by atoms with Crippen molar-refractivity contribution >= 4 is 17.6 Å². The van der Waals surface area contributed by atoms with Crippen LogP contribution in [0.1, 0.15) is 18.1 Å². The molecule has 2 heterocycles. The topological polar surface area (TPSA) is 42.0 Å². The quantitative estimate of drug-likeness (QED) is 0.904. The fraction of sp³-hybridized carbons (Fsp3) is 0.0588. The summed E-state index contributed by atoms with van der Waals surface area (Å²) < 4.78 is 0. The van der Waals surface area contributed by atoms with E-state index in [0.29, 0.717) is 0 Å². The number of carbonyl (C=O) groups excluding carboxylic acids is 1. The molecule has 1 aliphatic rings. The SMILES string of the molecule is CC1=C(c2ccccc2)C(=O)N/C1=C/c1cccnc1. The molecule has 0 unspecified atom stereocenters. The standard InChI is InChI=1S/C17H14N2O/c1-12-15(10-13-6-5-9-18-11-13)19-17(20)16(12)14-7-3-2-4-8-14/h2-11H,1H3,(H,19,20)/b15-10+. The van der Waals surface area contributed by atoms with Crippen molar-refractivity contribution in [1.29, 1.82) is 0 Å². The largest absolute Gasteiger partial charge is 0.322 e. The second-order valence-electron chi connectivity index (χ2n) is 4.66. The zero-order valence-electron chi connectivity index (χ0n) is 11.1. The number of nitrogens with zero attached hydrogens (tertiary/aromatic N) is 1. The summed E-state index contributed by atoms with van der Waals surface area (Å²) >= 11 is 0. The van der Waals surface area contributed by atoms with Crippen molar-refractivity contribution in [1.82, 2.24) is 10.3 Å². The third-order valence-corrected chi connectivity index (χ3v) is 3.31. The molecule has 0 aliphatic carbocycles. The van der Waals surface area contributed by atoms with E-state index in [1.807, 2.05) is 55.5 Å². The molecule has 0 saturated carbocycles. The zero-order chi connectivity index (χ0) is 13.9. The Kier molecular flexibility index (Phi) is 3.17. The summed E-state index contributed by atoms with van der Waals surface area (Å²) in [7, 11) is 0. The van der Waals surface area contributed by atoms with Gasteiger partial charge < -0.3 is 5.32 Å². The normalized spacial score (nSPS) is 16.6. The number of carbonyl (C=O) groups is 1. The molecule has 98 valence electrons.